The van der Waals surface area contributed by atoms with E-state index in [1.807, 2.05) is 13.1 Å². The fourth-order valence-corrected chi connectivity index (χ4v) is 4.17. The summed E-state index contributed by atoms with van der Waals surface area (Å²) in [6, 6.07) is 8.35. The zero-order valence-electron chi connectivity index (χ0n) is 18.7. The molecule has 1 aromatic carbocycles. The zero-order valence-corrected chi connectivity index (χ0v) is 21.0. The Morgan fingerprint density at radius 3 is 2.47 bits per heavy atom. The van der Waals surface area contributed by atoms with Crippen molar-refractivity contribution < 1.29 is 0 Å². The summed E-state index contributed by atoms with van der Waals surface area (Å²) >= 11 is 0. The Hall–Kier alpha value is -1.35. The van der Waals surface area contributed by atoms with Gasteiger partial charge in [0.2, 0.25) is 0 Å². The molecule has 1 aliphatic heterocycles. The molecule has 0 spiro atoms. The number of aryl methyl sites for hydroxylation is 2. The Balaban J connectivity index is 0.00000320. The van der Waals surface area contributed by atoms with Gasteiger partial charge in [0.15, 0.2) is 5.96 Å². The lowest BCUT2D eigenvalue weighted by Gasteiger charge is -2.26. The standard InChI is InChI=1S/C23H38N6.HI/c1-20-27-21-12-5-6-13-22(21)29(20)19-11-15-26-23(24-2)25-14-7-3-8-16-28-17-9-4-10-18-28;/h5-6,12-13H,3-4,7-11,14-19H2,1-2H3,(H2,24,25,26);1H. The van der Waals surface area contributed by atoms with Gasteiger partial charge in [0.1, 0.15) is 5.82 Å². The Kier molecular flexibility index (Phi) is 11.5. The number of halogens is 1. The molecule has 0 bridgehead atoms. The third-order valence-electron chi connectivity index (χ3n) is 5.81. The fraction of sp³-hybridized carbons (Fsp3) is 0.652. The minimum absolute atomic E-state index is 0. The molecule has 1 fully saturated rings. The van der Waals surface area contributed by atoms with E-state index in [9.17, 15) is 0 Å². The summed E-state index contributed by atoms with van der Waals surface area (Å²) in [4.78, 5) is 11.6. The quantitative estimate of drug-likeness (QED) is 0.211. The van der Waals surface area contributed by atoms with Crippen LogP contribution >= 0.6 is 24.0 Å². The third kappa shape index (κ3) is 7.72. The van der Waals surface area contributed by atoms with Gasteiger partial charge in [-0.15, -0.1) is 24.0 Å². The van der Waals surface area contributed by atoms with Crippen molar-refractivity contribution in [1.29, 1.82) is 0 Å². The van der Waals surface area contributed by atoms with Crippen LogP contribution in [-0.2, 0) is 6.54 Å². The van der Waals surface area contributed by atoms with Crippen molar-refractivity contribution in [1.82, 2.24) is 25.1 Å². The molecule has 6 nitrogen and oxygen atoms in total. The summed E-state index contributed by atoms with van der Waals surface area (Å²) in [6.45, 7) is 8.83. The van der Waals surface area contributed by atoms with Crippen molar-refractivity contribution in [2.45, 2.75) is 58.4 Å². The van der Waals surface area contributed by atoms with Crippen LogP contribution in [0.1, 0.15) is 50.8 Å². The number of piperidine rings is 1. The van der Waals surface area contributed by atoms with Crippen molar-refractivity contribution in [3.05, 3.63) is 30.1 Å². The van der Waals surface area contributed by atoms with Gasteiger partial charge in [-0.05, 0) is 70.8 Å². The van der Waals surface area contributed by atoms with Gasteiger partial charge in [-0.25, -0.2) is 4.98 Å². The van der Waals surface area contributed by atoms with Crippen molar-refractivity contribution in [3.8, 4) is 0 Å². The normalized spacial score (nSPS) is 15.2. The van der Waals surface area contributed by atoms with E-state index in [1.54, 1.807) is 0 Å². The van der Waals surface area contributed by atoms with E-state index in [4.69, 9.17) is 0 Å². The first-order valence-corrected chi connectivity index (χ1v) is 11.4. The van der Waals surface area contributed by atoms with Crippen LogP contribution in [0.3, 0.4) is 0 Å². The Morgan fingerprint density at radius 1 is 0.967 bits per heavy atom. The summed E-state index contributed by atoms with van der Waals surface area (Å²) in [5.74, 6) is 1.99. The second-order valence-corrected chi connectivity index (χ2v) is 8.04. The monoisotopic (exact) mass is 526 g/mol. The first-order valence-electron chi connectivity index (χ1n) is 11.4. The number of rotatable bonds is 10. The first-order chi connectivity index (χ1) is 14.3. The molecule has 0 unspecified atom stereocenters. The van der Waals surface area contributed by atoms with E-state index in [0.29, 0.717) is 0 Å². The molecule has 168 valence electrons. The number of benzene rings is 1. The molecule has 2 heterocycles. The molecule has 0 radical (unpaired) electrons. The highest BCUT2D eigenvalue weighted by molar-refractivity contribution is 14.0. The second kappa shape index (κ2) is 13.9. The maximum Gasteiger partial charge on any atom is 0.190 e. The highest BCUT2D eigenvalue weighted by Crippen LogP contribution is 2.15. The van der Waals surface area contributed by atoms with Gasteiger partial charge in [-0.2, -0.15) is 0 Å². The second-order valence-electron chi connectivity index (χ2n) is 8.04. The number of nitrogens with one attached hydrogen (secondary N) is 2. The lowest BCUT2D eigenvalue weighted by atomic mass is 10.1. The number of guanidine groups is 1. The van der Waals surface area contributed by atoms with E-state index in [1.165, 1.54) is 63.7 Å². The molecule has 2 N–H and O–H groups in total. The van der Waals surface area contributed by atoms with E-state index in [-0.39, 0.29) is 24.0 Å². The molecule has 0 atom stereocenters. The van der Waals surface area contributed by atoms with E-state index < -0.39 is 0 Å². The van der Waals surface area contributed by atoms with Crippen LogP contribution in [-0.4, -0.2) is 60.2 Å². The molecular weight excluding hydrogens is 487 g/mol. The average Bonchev–Trinajstić information content (AvgIpc) is 3.07. The molecule has 0 amide bonds. The highest BCUT2D eigenvalue weighted by Gasteiger charge is 2.09. The van der Waals surface area contributed by atoms with E-state index >= 15 is 0 Å². The number of para-hydroxylation sites is 2. The van der Waals surface area contributed by atoms with Crippen LogP contribution in [0.5, 0.6) is 0 Å². The Morgan fingerprint density at radius 2 is 1.70 bits per heavy atom. The number of aliphatic imine (C=N–C) groups is 1. The van der Waals surface area contributed by atoms with Crippen LogP contribution in [0.2, 0.25) is 0 Å². The number of hydrogen-bond acceptors (Lipinski definition) is 3. The number of aromatic nitrogens is 2. The minimum atomic E-state index is 0. The van der Waals surface area contributed by atoms with Crippen molar-refractivity contribution in [2.75, 3.05) is 39.8 Å². The van der Waals surface area contributed by atoms with Gasteiger partial charge >= 0.3 is 0 Å². The van der Waals surface area contributed by atoms with Crippen LogP contribution in [0.15, 0.2) is 29.3 Å². The molecule has 3 rings (SSSR count). The summed E-state index contributed by atoms with van der Waals surface area (Å²) in [7, 11) is 1.85. The fourth-order valence-electron chi connectivity index (χ4n) is 4.17. The predicted molar refractivity (Wildman–Crippen MR) is 138 cm³/mol. The SMILES string of the molecule is CN=C(NCCCCCN1CCCCC1)NCCCn1c(C)nc2ccccc21.I. The molecule has 1 aromatic heterocycles. The third-order valence-corrected chi connectivity index (χ3v) is 5.81. The van der Waals surface area contributed by atoms with E-state index in [0.717, 1.165) is 43.4 Å². The lowest BCUT2D eigenvalue weighted by Crippen LogP contribution is -2.38. The number of hydrogen-bond donors (Lipinski definition) is 2. The molecular formula is C23H39IN6. The van der Waals surface area contributed by atoms with Crippen molar-refractivity contribution >= 4 is 41.0 Å². The minimum Gasteiger partial charge on any atom is -0.356 e. The van der Waals surface area contributed by atoms with Crippen molar-refractivity contribution in [3.63, 3.8) is 0 Å². The summed E-state index contributed by atoms with van der Waals surface area (Å²) in [5, 5.41) is 6.89. The Bertz CT molecular complexity index is 766. The summed E-state index contributed by atoms with van der Waals surface area (Å²) in [6.07, 6.45) is 9.04. The number of unbranched alkanes of at least 4 members (excludes halogenated alkanes) is 2. The van der Waals surface area contributed by atoms with Crippen LogP contribution < -0.4 is 10.6 Å². The van der Waals surface area contributed by atoms with Crippen LogP contribution in [0, 0.1) is 6.92 Å². The highest BCUT2D eigenvalue weighted by atomic mass is 127. The molecule has 30 heavy (non-hydrogen) atoms. The van der Waals surface area contributed by atoms with Gasteiger partial charge < -0.3 is 20.1 Å². The largest absolute Gasteiger partial charge is 0.356 e. The Labute approximate surface area is 198 Å². The molecule has 1 aliphatic rings. The van der Waals surface area contributed by atoms with Crippen molar-refractivity contribution in [2.24, 2.45) is 4.99 Å². The molecule has 0 aliphatic carbocycles. The van der Waals surface area contributed by atoms with Crippen LogP contribution in [0.25, 0.3) is 11.0 Å². The maximum atomic E-state index is 4.64. The maximum absolute atomic E-state index is 4.64. The lowest BCUT2D eigenvalue weighted by molar-refractivity contribution is 0.224. The zero-order chi connectivity index (χ0) is 20.3. The predicted octanol–water partition coefficient (Wildman–Crippen LogP) is 4.17. The smallest absolute Gasteiger partial charge is 0.190 e. The number of nitrogens with zero attached hydrogens (tertiary/aromatic N) is 4. The molecule has 7 heteroatoms. The van der Waals surface area contributed by atoms with Gasteiger partial charge in [0.05, 0.1) is 11.0 Å². The van der Waals surface area contributed by atoms with Gasteiger partial charge in [0, 0.05) is 26.7 Å². The summed E-state index contributed by atoms with van der Waals surface area (Å²) < 4.78 is 2.30. The number of imidazole rings is 1. The molecule has 0 saturated carbocycles. The summed E-state index contributed by atoms with van der Waals surface area (Å²) in [5.41, 5.74) is 2.30. The molecule has 2 aromatic rings. The van der Waals surface area contributed by atoms with Gasteiger partial charge in [0.25, 0.3) is 0 Å². The first kappa shape index (κ1) is 24.9. The average molecular weight is 527 g/mol. The van der Waals surface area contributed by atoms with Gasteiger partial charge in [-0.1, -0.05) is 25.0 Å². The number of fused-ring (bicyclic) bond motifs is 1. The van der Waals surface area contributed by atoms with Gasteiger partial charge in [-0.3, -0.25) is 4.99 Å². The van der Waals surface area contributed by atoms with E-state index in [2.05, 4.69) is 55.2 Å². The molecule has 1 saturated heterocycles. The number of likely N-dealkylation sites (tertiary alicyclic amines) is 1. The topological polar surface area (TPSA) is 57.5 Å². The van der Waals surface area contributed by atoms with Crippen LogP contribution in [0.4, 0.5) is 0 Å².